The van der Waals surface area contributed by atoms with Crippen LogP contribution in [0.2, 0.25) is 0 Å². The second-order valence-corrected chi connectivity index (χ2v) is 4.85. The Morgan fingerprint density at radius 2 is 2.06 bits per heavy atom. The van der Waals surface area contributed by atoms with Crippen LogP contribution in [-0.4, -0.2) is 44.8 Å². The van der Waals surface area contributed by atoms with Crippen molar-refractivity contribution < 1.29 is 5.11 Å². The fraction of sp³-hybridized carbons (Fsp3) is 0.750. The Kier molecular flexibility index (Phi) is 3.61. The molecule has 4 heteroatoms. The number of hydrogen-bond donors (Lipinski definition) is 1. The highest BCUT2D eigenvalue weighted by molar-refractivity contribution is 4.87. The van der Waals surface area contributed by atoms with Crippen molar-refractivity contribution in [2.75, 3.05) is 13.1 Å². The van der Waals surface area contributed by atoms with Gasteiger partial charge in [-0.1, -0.05) is 0 Å². The average molecular weight is 223 g/mol. The van der Waals surface area contributed by atoms with Gasteiger partial charge < -0.3 is 14.6 Å². The fourth-order valence-corrected chi connectivity index (χ4v) is 2.42. The Bertz CT molecular complexity index is 310. The zero-order chi connectivity index (χ0) is 11.5. The number of rotatable bonds is 2. The zero-order valence-electron chi connectivity index (χ0n) is 10.1. The lowest BCUT2D eigenvalue weighted by Gasteiger charge is -2.24. The molecule has 0 aliphatic carbocycles. The molecule has 1 aliphatic rings. The Morgan fingerprint density at radius 1 is 1.31 bits per heavy atom. The molecule has 2 rings (SSSR count). The van der Waals surface area contributed by atoms with E-state index >= 15 is 0 Å². The standard InChI is InChI=1S/C12H21N3O/c1-10(2)14-6-3-11(12(16)4-7-14)15-8-5-13-9-15/h5,8-12,16H,3-4,6-7H2,1-2H3/t11?,12-/m0/s1. The second-order valence-electron chi connectivity index (χ2n) is 4.85. The van der Waals surface area contributed by atoms with E-state index in [2.05, 4.69) is 23.7 Å². The summed E-state index contributed by atoms with van der Waals surface area (Å²) in [5, 5.41) is 10.1. The molecule has 1 aromatic rings. The third-order valence-corrected chi connectivity index (χ3v) is 3.51. The van der Waals surface area contributed by atoms with E-state index in [9.17, 15) is 5.11 Å². The molecular weight excluding hydrogens is 202 g/mol. The molecule has 0 radical (unpaired) electrons. The van der Waals surface area contributed by atoms with Gasteiger partial charge in [0.1, 0.15) is 0 Å². The summed E-state index contributed by atoms with van der Waals surface area (Å²) in [5.41, 5.74) is 0. The van der Waals surface area contributed by atoms with Crippen LogP contribution in [0.3, 0.4) is 0 Å². The molecule has 0 bridgehead atoms. The Morgan fingerprint density at radius 3 is 2.69 bits per heavy atom. The van der Waals surface area contributed by atoms with Gasteiger partial charge in [0.2, 0.25) is 0 Å². The van der Waals surface area contributed by atoms with Gasteiger partial charge in [-0.25, -0.2) is 4.98 Å². The van der Waals surface area contributed by atoms with Crippen LogP contribution in [0.15, 0.2) is 18.7 Å². The topological polar surface area (TPSA) is 41.3 Å². The summed E-state index contributed by atoms with van der Waals surface area (Å²) in [6, 6.07) is 0.750. The van der Waals surface area contributed by atoms with Gasteiger partial charge in [0.25, 0.3) is 0 Å². The SMILES string of the molecule is CC(C)N1CCC(n2ccnc2)[C@@H](O)CC1. The van der Waals surface area contributed by atoms with Crippen molar-refractivity contribution in [3.63, 3.8) is 0 Å². The van der Waals surface area contributed by atoms with Crippen molar-refractivity contribution in [2.45, 2.75) is 44.9 Å². The van der Waals surface area contributed by atoms with Crippen molar-refractivity contribution in [2.24, 2.45) is 0 Å². The molecule has 1 N–H and O–H groups in total. The molecule has 16 heavy (non-hydrogen) atoms. The maximum Gasteiger partial charge on any atom is 0.0949 e. The quantitative estimate of drug-likeness (QED) is 0.821. The molecule has 1 saturated heterocycles. The molecule has 0 aromatic carbocycles. The van der Waals surface area contributed by atoms with Crippen LogP contribution in [0.5, 0.6) is 0 Å². The average Bonchev–Trinajstić information content (AvgIpc) is 2.69. The van der Waals surface area contributed by atoms with Crippen molar-refractivity contribution in [1.29, 1.82) is 0 Å². The van der Waals surface area contributed by atoms with Gasteiger partial charge in [-0.3, -0.25) is 0 Å². The van der Waals surface area contributed by atoms with Gasteiger partial charge in [0.05, 0.1) is 18.5 Å². The smallest absolute Gasteiger partial charge is 0.0949 e. The minimum atomic E-state index is -0.252. The zero-order valence-corrected chi connectivity index (χ0v) is 10.1. The number of imidazole rings is 1. The van der Waals surface area contributed by atoms with E-state index in [0.717, 1.165) is 25.9 Å². The third kappa shape index (κ3) is 2.44. The summed E-state index contributed by atoms with van der Waals surface area (Å²) in [6.45, 7) is 6.47. The Labute approximate surface area is 96.9 Å². The van der Waals surface area contributed by atoms with Gasteiger partial charge in [-0.05, 0) is 26.7 Å². The Hall–Kier alpha value is -0.870. The van der Waals surface area contributed by atoms with E-state index in [-0.39, 0.29) is 12.1 Å². The lowest BCUT2D eigenvalue weighted by molar-refractivity contribution is 0.107. The first kappa shape index (κ1) is 11.6. The molecule has 0 saturated carbocycles. The number of likely N-dealkylation sites (tertiary alicyclic amines) is 1. The highest BCUT2D eigenvalue weighted by Gasteiger charge is 2.26. The largest absolute Gasteiger partial charge is 0.391 e. The lowest BCUT2D eigenvalue weighted by Crippen LogP contribution is -2.31. The first-order valence-corrected chi connectivity index (χ1v) is 6.08. The molecule has 1 unspecified atom stereocenters. The molecule has 90 valence electrons. The summed E-state index contributed by atoms with van der Waals surface area (Å²) >= 11 is 0. The molecule has 2 atom stereocenters. The van der Waals surface area contributed by atoms with Crippen LogP contribution in [0.25, 0.3) is 0 Å². The van der Waals surface area contributed by atoms with Gasteiger partial charge >= 0.3 is 0 Å². The van der Waals surface area contributed by atoms with Crippen LogP contribution in [0, 0.1) is 0 Å². The van der Waals surface area contributed by atoms with E-state index in [1.165, 1.54) is 0 Å². The Balaban J connectivity index is 2.05. The first-order valence-electron chi connectivity index (χ1n) is 6.08. The fourth-order valence-electron chi connectivity index (χ4n) is 2.42. The van der Waals surface area contributed by atoms with Crippen molar-refractivity contribution >= 4 is 0 Å². The number of aliphatic hydroxyl groups excluding tert-OH is 1. The normalized spacial score (nSPS) is 28.2. The summed E-state index contributed by atoms with van der Waals surface area (Å²) in [6.07, 6.45) is 7.12. The number of aromatic nitrogens is 2. The molecule has 0 amide bonds. The molecule has 0 spiro atoms. The van der Waals surface area contributed by atoms with E-state index in [1.807, 2.05) is 10.8 Å². The maximum atomic E-state index is 10.1. The highest BCUT2D eigenvalue weighted by Crippen LogP contribution is 2.23. The van der Waals surface area contributed by atoms with E-state index < -0.39 is 0 Å². The second kappa shape index (κ2) is 4.97. The number of nitrogens with zero attached hydrogens (tertiary/aromatic N) is 3. The number of hydrogen-bond acceptors (Lipinski definition) is 3. The highest BCUT2D eigenvalue weighted by atomic mass is 16.3. The predicted octanol–water partition coefficient (Wildman–Crippen LogP) is 1.29. The van der Waals surface area contributed by atoms with Crippen LogP contribution >= 0.6 is 0 Å². The van der Waals surface area contributed by atoms with Gasteiger partial charge in [-0.15, -0.1) is 0 Å². The first-order chi connectivity index (χ1) is 7.68. The third-order valence-electron chi connectivity index (χ3n) is 3.51. The molecule has 4 nitrogen and oxygen atoms in total. The van der Waals surface area contributed by atoms with Gasteiger partial charge in [-0.2, -0.15) is 0 Å². The molecule has 2 heterocycles. The van der Waals surface area contributed by atoms with E-state index in [1.54, 1.807) is 12.5 Å². The number of aliphatic hydroxyl groups is 1. The lowest BCUT2D eigenvalue weighted by atomic mass is 10.1. The van der Waals surface area contributed by atoms with E-state index in [0.29, 0.717) is 6.04 Å². The summed E-state index contributed by atoms with van der Waals surface area (Å²) < 4.78 is 2.04. The van der Waals surface area contributed by atoms with Crippen LogP contribution in [0.1, 0.15) is 32.7 Å². The van der Waals surface area contributed by atoms with Crippen LogP contribution in [0.4, 0.5) is 0 Å². The van der Waals surface area contributed by atoms with E-state index in [4.69, 9.17) is 0 Å². The van der Waals surface area contributed by atoms with Crippen LogP contribution < -0.4 is 0 Å². The summed E-state index contributed by atoms with van der Waals surface area (Å²) in [4.78, 5) is 6.49. The molecular formula is C12H21N3O. The van der Waals surface area contributed by atoms with Crippen molar-refractivity contribution in [3.05, 3.63) is 18.7 Å². The summed E-state index contributed by atoms with van der Waals surface area (Å²) in [5.74, 6) is 0. The monoisotopic (exact) mass is 223 g/mol. The molecule has 1 aromatic heterocycles. The predicted molar refractivity (Wildman–Crippen MR) is 63.2 cm³/mol. The van der Waals surface area contributed by atoms with Crippen molar-refractivity contribution in [1.82, 2.24) is 14.5 Å². The van der Waals surface area contributed by atoms with Gasteiger partial charge in [0.15, 0.2) is 0 Å². The minimum Gasteiger partial charge on any atom is -0.391 e. The van der Waals surface area contributed by atoms with Crippen molar-refractivity contribution in [3.8, 4) is 0 Å². The van der Waals surface area contributed by atoms with Gasteiger partial charge in [0, 0.05) is 31.5 Å². The summed E-state index contributed by atoms with van der Waals surface area (Å²) in [7, 11) is 0. The molecule has 1 fully saturated rings. The minimum absolute atomic E-state index is 0.186. The molecule has 1 aliphatic heterocycles. The van der Waals surface area contributed by atoms with Crippen LogP contribution in [-0.2, 0) is 0 Å². The maximum absolute atomic E-state index is 10.1.